The van der Waals surface area contributed by atoms with Crippen LogP contribution in [0.4, 0.5) is 10.5 Å². The van der Waals surface area contributed by atoms with Gasteiger partial charge in [0, 0.05) is 23.2 Å². The molecule has 0 radical (unpaired) electrons. The summed E-state index contributed by atoms with van der Waals surface area (Å²) in [6.07, 6.45) is 0. The fourth-order valence-electron chi connectivity index (χ4n) is 2.36. The van der Waals surface area contributed by atoms with E-state index in [1.165, 1.54) is 7.11 Å². The van der Waals surface area contributed by atoms with Gasteiger partial charge in [-0.2, -0.15) is 9.63 Å². The number of nitrogens with one attached hydrogen (secondary N) is 3. The first-order valence-electron chi connectivity index (χ1n) is 8.66. The number of hydrogen-bond donors (Lipinski definition) is 3. The smallest absolute Gasteiger partial charge is 0.334 e. The third kappa shape index (κ3) is 5.68. The van der Waals surface area contributed by atoms with Crippen LogP contribution in [0.3, 0.4) is 0 Å². The number of urea groups is 1. The van der Waals surface area contributed by atoms with Crippen molar-refractivity contribution in [1.29, 1.82) is 0 Å². The number of aromatic nitrogens is 4. The van der Waals surface area contributed by atoms with Gasteiger partial charge in [-0.3, -0.25) is 10.2 Å². The van der Waals surface area contributed by atoms with Crippen molar-refractivity contribution in [2.24, 2.45) is 0 Å². The van der Waals surface area contributed by atoms with E-state index in [1.54, 1.807) is 49.6 Å². The van der Waals surface area contributed by atoms with Crippen molar-refractivity contribution >= 4 is 28.8 Å². The first kappa shape index (κ1) is 21.1. The maximum atomic E-state index is 12.0. The van der Waals surface area contributed by atoms with E-state index in [2.05, 4.69) is 31.0 Å². The Morgan fingerprint density at radius 1 is 1.07 bits per heavy atom. The number of hydrazine groups is 1. The highest BCUT2D eigenvalue weighted by Crippen LogP contribution is 2.30. The molecule has 1 heterocycles. The summed E-state index contributed by atoms with van der Waals surface area (Å²) in [5.41, 5.74) is 3.64. The summed E-state index contributed by atoms with van der Waals surface area (Å²) in [7, 11) is 3.08. The number of amides is 2. The minimum atomic E-state index is -0.504. The third-order valence-electron chi connectivity index (χ3n) is 3.73. The lowest BCUT2D eigenvalue weighted by molar-refractivity contribution is -0.111. The molecule has 2 amide bonds. The third-order valence-corrected chi connectivity index (χ3v) is 4.29. The summed E-state index contributed by atoms with van der Waals surface area (Å²) in [5, 5.41) is 14.3. The predicted octanol–water partition coefficient (Wildman–Crippen LogP) is 1.86. The summed E-state index contributed by atoms with van der Waals surface area (Å²) in [6, 6.07) is 13.6. The van der Waals surface area contributed by atoms with E-state index in [1.807, 2.05) is 6.07 Å². The summed E-state index contributed by atoms with van der Waals surface area (Å²) < 4.78 is 10.5. The molecule has 0 spiro atoms. The van der Waals surface area contributed by atoms with Gasteiger partial charge in [-0.15, -0.1) is 10.2 Å². The van der Waals surface area contributed by atoms with Crippen LogP contribution in [0, 0.1) is 0 Å². The fourth-order valence-corrected chi connectivity index (χ4v) is 2.80. The Bertz CT molecular complexity index is 1010. The van der Waals surface area contributed by atoms with Gasteiger partial charge in [-0.25, -0.2) is 4.79 Å². The minimum Gasteiger partial charge on any atom is -0.493 e. The van der Waals surface area contributed by atoms with Crippen LogP contribution in [-0.2, 0) is 11.3 Å². The van der Waals surface area contributed by atoms with Crippen LogP contribution in [0.5, 0.6) is 11.5 Å². The number of tetrazole rings is 1. The zero-order valence-corrected chi connectivity index (χ0v) is 17.0. The molecule has 12 heteroatoms. The maximum absolute atomic E-state index is 12.0. The number of carbonyl (C=O) groups excluding carboxylic acids is 2. The van der Waals surface area contributed by atoms with Crippen LogP contribution in [0.25, 0.3) is 11.4 Å². The number of ether oxygens (including phenoxy) is 2. The Morgan fingerprint density at radius 2 is 1.83 bits per heavy atom. The number of hydrogen-bond acceptors (Lipinski definition) is 9. The van der Waals surface area contributed by atoms with E-state index < -0.39 is 6.03 Å². The highest BCUT2D eigenvalue weighted by molar-refractivity contribution is 8.11. The summed E-state index contributed by atoms with van der Waals surface area (Å²) in [4.78, 5) is 27.4. The molecule has 0 saturated carbocycles. The normalized spacial score (nSPS) is 10.3. The molecule has 1 aromatic heterocycles. The van der Waals surface area contributed by atoms with Gasteiger partial charge in [-0.05, 0) is 35.5 Å². The van der Waals surface area contributed by atoms with Gasteiger partial charge in [0.2, 0.25) is 10.9 Å². The van der Waals surface area contributed by atoms with Crippen LogP contribution in [0.15, 0.2) is 48.5 Å². The zero-order valence-electron chi connectivity index (χ0n) is 16.2. The lowest BCUT2D eigenvalue weighted by Gasteiger charge is -2.07. The molecule has 11 nitrogen and oxygen atoms in total. The second kappa shape index (κ2) is 10.2. The van der Waals surface area contributed by atoms with Gasteiger partial charge in [0.15, 0.2) is 11.5 Å². The molecule has 0 aliphatic carbocycles. The van der Waals surface area contributed by atoms with Crippen LogP contribution in [0.1, 0.15) is 0 Å². The number of methoxy groups -OCH3 is 2. The van der Waals surface area contributed by atoms with Crippen molar-refractivity contribution in [1.82, 2.24) is 30.5 Å². The first-order chi connectivity index (χ1) is 14.6. The van der Waals surface area contributed by atoms with Gasteiger partial charge in [0.1, 0.15) is 6.54 Å². The Hall–Kier alpha value is -3.64. The number of benzene rings is 2. The van der Waals surface area contributed by atoms with E-state index in [4.69, 9.17) is 9.47 Å². The highest BCUT2D eigenvalue weighted by Gasteiger charge is 2.13. The predicted molar refractivity (Wildman–Crippen MR) is 111 cm³/mol. The summed E-state index contributed by atoms with van der Waals surface area (Å²) in [6.45, 7) is -0.139. The molecule has 0 fully saturated rings. The molecule has 0 aliphatic heterocycles. The summed E-state index contributed by atoms with van der Waals surface area (Å²) in [5.74, 6) is 1.44. The molecular formula is C18H19N7O4S. The number of carbonyl (C=O) groups is 2. The average molecular weight is 429 g/mol. The van der Waals surface area contributed by atoms with Crippen LogP contribution in [-0.4, -0.2) is 45.6 Å². The van der Waals surface area contributed by atoms with E-state index in [0.29, 0.717) is 40.5 Å². The molecule has 0 unspecified atom stereocenters. The molecule has 3 rings (SSSR count). The molecule has 0 aliphatic rings. The standard InChI is InChI=1S/C18H19N7O4S/c1-28-14-9-8-12(10-15(14)29-2)17-20-23-25(22-17)11-16(26)30-24-21-18(27)19-13-6-4-3-5-7-13/h3-10,24H,11H2,1-2H3,(H2,19,21,27). The van der Waals surface area contributed by atoms with Gasteiger partial charge < -0.3 is 14.8 Å². The maximum Gasteiger partial charge on any atom is 0.334 e. The number of anilines is 1. The van der Waals surface area contributed by atoms with Crippen molar-refractivity contribution < 1.29 is 19.1 Å². The second-order valence-electron chi connectivity index (χ2n) is 5.73. The molecular weight excluding hydrogens is 410 g/mol. The molecule has 0 bridgehead atoms. The quantitative estimate of drug-likeness (QED) is 0.362. The van der Waals surface area contributed by atoms with E-state index in [9.17, 15) is 9.59 Å². The SMILES string of the molecule is COc1ccc(-c2nnn(CC(=O)SNNC(=O)Nc3ccccc3)n2)cc1OC. The Labute approximate surface area is 176 Å². The minimum absolute atomic E-state index is 0.139. The highest BCUT2D eigenvalue weighted by atomic mass is 32.2. The first-order valence-corrected chi connectivity index (χ1v) is 9.47. The second-order valence-corrected chi connectivity index (χ2v) is 6.60. The van der Waals surface area contributed by atoms with Crippen LogP contribution in [0.2, 0.25) is 0 Å². The lowest BCUT2D eigenvalue weighted by Crippen LogP contribution is -2.37. The largest absolute Gasteiger partial charge is 0.493 e. The zero-order chi connectivity index (χ0) is 21.3. The molecule has 0 saturated heterocycles. The lowest BCUT2D eigenvalue weighted by atomic mass is 10.2. The molecule has 2 aromatic carbocycles. The van der Waals surface area contributed by atoms with E-state index >= 15 is 0 Å². The molecule has 30 heavy (non-hydrogen) atoms. The van der Waals surface area contributed by atoms with Gasteiger partial charge >= 0.3 is 6.03 Å². The Kier molecular flexibility index (Phi) is 7.19. The van der Waals surface area contributed by atoms with Crippen molar-refractivity contribution in [3.05, 3.63) is 48.5 Å². The molecule has 156 valence electrons. The van der Waals surface area contributed by atoms with Crippen molar-refractivity contribution in [3.8, 4) is 22.9 Å². The Balaban J connectivity index is 1.48. The Morgan fingerprint density at radius 3 is 2.57 bits per heavy atom. The van der Waals surface area contributed by atoms with Gasteiger partial charge in [0.05, 0.1) is 14.2 Å². The van der Waals surface area contributed by atoms with E-state index in [-0.39, 0.29) is 11.7 Å². The van der Waals surface area contributed by atoms with Crippen molar-refractivity contribution in [2.75, 3.05) is 19.5 Å². The van der Waals surface area contributed by atoms with Crippen molar-refractivity contribution in [2.45, 2.75) is 6.54 Å². The van der Waals surface area contributed by atoms with Crippen LogP contribution >= 0.6 is 11.9 Å². The van der Waals surface area contributed by atoms with E-state index in [0.717, 1.165) is 4.80 Å². The number of nitrogens with zero attached hydrogens (tertiary/aromatic N) is 4. The monoisotopic (exact) mass is 429 g/mol. The van der Waals surface area contributed by atoms with Gasteiger partial charge in [-0.1, -0.05) is 18.2 Å². The van der Waals surface area contributed by atoms with Crippen LogP contribution < -0.4 is 25.0 Å². The fraction of sp³-hybridized carbons (Fsp3) is 0.167. The molecule has 3 aromatic rings. The average Bonchev–Trinajstić information content (AvgIpc) is 3.22. The topological polar surface area (TPSA) is 132 Å². The number of rotatable bonds is 8. The summed E-state index contributed by atoms with van der Waals surface area (Å²) >= 11 is 0.700. The molecule has 3 N–H and O–H groups in total. The van der Waals surface area contributed by atoms with Gasteiger partial charge in [0.25, 0.3) is 0 Å². The van der Waals surface area contributed by atoms with Crippen molar-refractivity contribution in [3.63, 3.8) is 0 Å². The molecule has 0 atom stereocenters. The number of para-hydroxylation sites is 1.